The normalized spacial score (nSPS) is 12.6. The fourth-order valence-electron chi connectivity index (χ4n) is 1.82. The molecule has 1 unspecified atom stereocenters. The molecule has 2 rings (SSSR count). The monoisotopic (exact) mass is 283 g/mol. The molecule has 0 aliphatic carbocycles. The Hall–Kier alpha value is -1.46. The second-order valence-electron chi connectivity index (χ2n) is 4.15. The van der Waals surface area contributed by atoms with E-state index in [0.29, 0.717) is 6.54 Å². The van der Waals surface area contributed by atoms with Crippen molar-refractivity contribution in [1.82, 2.24) is 5.32 Å². The van der Waals surface area contributed by atoms with Crippen LogP contribution in [0.15, 0.2) is 41.1 Å². The Balaban J connectivity index is 2.03. The molecule has 0 saturated carbocycles. The van der Waals surface area contributed by atoms with Crippen molar-refractivity contribution in [2.75, 3.05) is 0 Å². The van der Waals surface area contributed by atoms with Gasteiger partial charge in [-0.25, -0.2) is 0 Å². The summed E-state index contributed by atoms with van der Waals surface area (Å²) in [5.41, 5.74) is 1.92. The number of alkyl halides is 2. The Bertz CT molecular complexity index is 502. The highest BCUT2D eigenvalue weighted by atomic mass is 32.1. The molecular weight excluding hydrogens is 268 g/mol. The summed E-state index contributed by atoms with van der Waals surface area (Å²) >= 11 is 1.63. The number of para-hydroxylation sites is 1. The van der Waals surface area contributed by atoms with Gasteiger partial charge < -0.3 is 10.1 Å². The van der Waals surface area contributed by atoms with Crippen molar-refractivity contribution < 1.29 is 13.5 Å². The molecule has 0 saturated heterocycles. The van der Waals surface area contributed by atoms with Gasteiger partial charge in [0.15, 0.2) is 0 Å². The summed E-state index contributed by atoms with van der Waals surface area (Å²) in [6.07, 6.45) is 0. The second kappa shape index (κ2) is 6.63. The van der Waals surface area contributed by atoms with Crippen molar-refractivity contribution in [3.8, 4) is 5.75 Å². The molecule has 0 amide bonds. The topological polar surface area (TPSA) is 21.3 Å². The smallest absolute Gasteiger partial charge is 0.387 e. The van der Waals surface area contributed by atoms with E-state index in [1.165, 1.54) is 5.56 Å². The van der Waals surface area contributed by atoms with Gasteiger partial charge in [0.1, 0.15) is 5.75 Å². The zero-order valence-corrected chi connectivity index (χ0v) is 11.3. The summed E-state index contributed by atoms with van der Waals surface area (Å²) in [5.74, 6) is 0.225. The van der Waals surface area contributed by atoms with E-state index in [1.54, 1.807) is 29.5 Å². The lowest BCUT2D eigenvalue weighted by Crippen LogP contribution is -2.19. The predicted molar refractivity (Wildman–Crippen MR) is 72.6 cm³/mol. The molecule has 5 heteroatoms. The van der Waals surface area contributed by atoms with Crippen LogP contribution < -0.4 is 10.1 Å². The fraction of sp³-hybridized carbons (Fsp3) is 0.286. The Morgan fingerprint density at radius 3 is 2.74 bits per heavy atom. The lowest BCUT2D eigenvalue weighted by atomic mass is 10.1. The minimum atomic E-state index is -2.80. The van der Waals surface area contributed by atoms with Gasteiger partial charge in [-0.05, 0) is 35.4 Å². The van der Waals surface area contributed by atoms with Crippen LogP contribution in [0, 0.1) is 0 Å². The Kier molecular flexibility index (Phi) is 4.87. The van der Waals surface area contributed by atoms with Gasteiger partial charge in [-0.1, -0.05) is 18.2 Å². The van der Waals surface area contributed by atoms with Crippen LogP contribution in [0.3, 0.4) is 0 Å². The van der Waals surface area contributed by atoms with Gasteiger partial charge in [-0.2, -0.15) is 20.1 Å². The molecule has 0 bridgehead atoms. The van der Waals surface area contributed by atoms with Crippen LogP contribution in [0.4, 0.5) is 8.78 Å². The standard InChI is InChI=1S/C14H15F2NOS/c1-10(17-8-11-6-7-19-9-11)12-4-2-3-5-13(12)18-14(15)16/h2-7,9-10,14,17H,8H2,1H3. The molecule has 2 aromatic rings. The molecule has 19 heavy (non-hydrogen) atoms. The average molecular weight is 283 g/mol. The molecule has 1 aromatic heterocycles. The first kappa shape index (κ1) is 14.0. The molecule has 0 radical (unpaired) electrons. The first-order valence-electron chi connectivity index (χ1n) is 5.95. The maximum Gasteiger partial charge on any atom is 0.387 e. The molecule has 2 nitrogen and oxygen atoms in total. The molecule has 0 aliphatic rings. The molecule has 0 fully saturated rings. The predicted octanol–water partition coefficient (Wildman–Crippen LogP) is 4.20. The number of nitrogens with one attached hydrogen (secondary N) is 1. The summed E-state index contributed by atoms with van der Waals surface area (Å²) in [4.78, 5) is 0. The van der Waals surface area contributed by atoms with Crippen LogP contribution in [0.2, 0.25) is 0 Å². The first-order valence-corrected chi connectivity index (χ1v) is 6.89. The third-order valence-electron chi connectivity index (χ3n) is 2.79. The summed E-state index contributed by atoms with van der Waals surface area (Å²) < 4.78 is 29.2. The van der Waals surface area contributed by atoms with Gasteiger partial charge in [0.2, 0.25) is 0 Å². The van der Waals surface area contributed by atoms with Crippen LogP contribution in [0.25, 0.3) is 0 Å². The van der Waals surface area contributed by atoms with Crippen LogP contribution in [-0.4, -0.2) is 6.61 Å². The van der Waals surface area contributed by atoms with E-state index in [-0.39, 0.29) is 11.8 Å². The maximum atomic E-state index is 12.3. The van der Waals surface area contributed by atoms with Crippen molar-refractivity contribution >= 4 is 11.3 Å². The highest BCUT2D eigenvalue weighted by Crippen LogP contribution is 2.26. The van der Waals surface area contributed by atoms with Gasteiger partial charge in [0.25, 0.3) is 0 Å². The van der Waals surface area contributed by atoms with Crippen molar-refractivity contribution in [3.05, 3.63) is 52.2 Å². The zero-order valence-electron chi connectivity index (χ0n) is 10.5. The molecule has 1 aromatic carbocycles. The SMILES string of the molecule is CC(NCc1ccsc1)c1ccccc1OC(F)F. The van der Waals surface area contributed by atoms with E-state index < -0.39 is 6.61 Å². The van der Waals surface area contributed by atoms with Crippen molar-refractivity contribution in [2.24, 2.45) is 0 Å². The second-order valence-corrected chi connectivity index (χ2v) is 4.93. The van der Waals surface area contributed by atoms with Crippen LogP contribution >= 0.6 is 11.3 Å². The molecule has 1 atom stereocenters. The zero-order chi connectivity index (χ0) is 13.7. The van der Waals surface area contributed by atoms with Gasteiger partial charge >= 0.3 is 6.61 Å². The number of halogens is 2. The molecule has 1 N–H and O–H groups in total. The van der Waals surface area contributed by atoms with E-state index in [4.69, 9.17) is 0 Å². The molecule has 0 aliphatic heterocycles. The van der Waals surface area contributed by atoms with E-state index >= 15 is 0 Å². The summed E-state index contributed by atoms with van der Waals surface area (Å²) in [6.45, 7) is -0.168. The van der Waals surface area contributed by atoms with Gasteiger partial charge in [-0.3, -0.25) is 0 Å². The Morgan fingerprint density at radius 1 is 1.26 bits per heavy atom. The summed E-state index contributed by atoms with van der Waals surface area (Å²) in [5, 5.41) is 7.36. The van der Waals surface area contributed by atoms with Gasteiger partial charge in [0.05, 0.1) is 0 Å². The largest absolute Gasteiger partial charge is 0.434 e. The Labute approximate surface area is 115 Å². The molecule has 0 spiro atoms. The fourth-order valence-corrected chi connectivity index (χ4v) is 2.48. The third kappa shape index (κ3) is 4.01. The third-order valence-corrected chi connectivity index (χ3v) is 3.53. The highest BCUT2D eigenvalue weighted by molar-refractivity contribution is 7.07. The van der Waals surface area contributed by atoms with Crippen molar-refractivity contribution in [1.29, 1.82) is 0 Å². The molecule has 102 valence electrons. The molecular formula is C14H15F2NOS. The highest BCUT2D eigenvalue weighted by Gasteiger charge is 2.14. The summed E-state index contributed by atoms with van der Waals surface area (Å²) in [7, 11) is 0. The lowest BCUT2D eigenvalue weighted by molar-refractivity contribution is -0.0506. The number of hydrogen-bond acceptors (Lipinski definition) is 3. The first-order chi connectivity index (χ1) is 9.16. The van der Waals surface area contributed by atoms with Crippen molar-refractivity contribution in [3.63, 3.8) is 0 Å². The van der Waals surface area contributed by atoms with E-state index in [2.05, 4.69) is 15.4 Å². The number of rotatable bonds is 6. The average Bonchev–Trinajstić information content (AvgIpc) is 2.89. The minimum absolute atomic E-state index is 0.0603. The summed E-state index contributed by atoms with van der Waals surface area (Å²) in [6, 6.07) is 8.83. The molecule has 1 heterocycles. The quantitative estimate of drug-likeness (QED) is 0.858. The van der Waals surface area contributed by atoms with Gasteiger partial charge in [-0.15, -0.1) is 0 Å². The van der Waals surface area contributed by atoms with Crippen molar-refractivity contribution in [2.45, 2.75) is 26.1 Å². The number of hydrogen-bond donors (Lipinski definition) is 1. The number of benzene rings is 1. The minimum Gasteiger partial charge on any atom is -0.434 e. The van der Waals surface area contributed by atoms with E-state index in [1.807, 2.05) is 24.4 Å². The van der Waals surface area contributed by atoms with E-state index in [0.717, 1.165) is 5.56 Å². The van der Waals surface area contributed by atoms with E-state index in [9.17, 15) is 8.78 Å². The number of thiophene rings is 1. The van der Waals surface area contributed by atoms with Crippen LogP contribution in [-0.2, 0) is 6.54 Å². The van der Waals surface area contributed by atoms with Crippen LogP contribution in [0.5, 0.6) is 5.75 Å². The maximum absolute atomic E-state index is 12.3. The Morgan fingerprint density at radius 2 is 2.05 bits per heavy atom. The van der Waals surface area contributed by atoms with Gasteiger partial charge in [0, 0.05) is 18.2 Å². The van der Waals surface area contributed by atoms with Crippen LogP contribution in [0.1, 0.15) is 24.1 Å². The lowest BCUT2D eigenvalue weighted by Gasteiger charge is -2.17. The number of ether oxygens (including phenoxy) is 1.